The quantitative estimate of drug-likeness (QED) is 0.158. The third kappa shape index (κ3) is 5.75. The summed E-state index contributed by atoms with van der Waals surface area (Å²) < 4.78 is 1.65. The Morgan fingerprint density at radius 2 is 1.63 bits per heavy atom. The first-order chi connectivity index (χ1) is 22.1. The largest absolute Gasteiger partial charge is 0.478 e. The zero-order valence-corrected chi connectivity index (χ0v) is 25.5. The van der Waals surface area contributed by atoms with Gasteiger partial charge < -0.3 is 31.4 Å². The summed E-state index contributed by atoms with van der Waals surface area (Å²) in [7, 11) is 0. The molecule has 0 saturated carbocycles. The molecule has 1 aromatic heterocycles. The van der Waals surface area contributed by atoms with Gasteiger partial charge in [0.2, 0.25) is 0 Å². The fourth-order valence-corrected chi connectivity index (χ4v) is 6.33. The van der Waals surface area contributed by atoms with E-state index in [9.17, 15) is 24.3 Å². The number of aromatic carboxylic acids is 1. The van der Waals surface area contributed by atoms with Crippen molar-refractivity contribution < 1.29 is 24.3 Å². The molecule has 1 unspecified atom stereocenters. The SMILES string of the molecule is Cc1c(C(=O)O)c(C)n(C(C(N)=O)N2CCCC2)c1C=C1C(=O)Nc2ccc(Nc3cccc(NC(=O)c4ccccc4)c3)cc21. The Morgan fingerprint density at radius 3 is 2.33 bits per heavy atom. The van der Waals surface area contributed by atoms with E-state index in [4.69, 9.17) is 5.73 Å². The standard InChI is InChI=1S/C35H34N6O5/c1-20-29(41(21(2)30(20)35(45)46)34(31(36)42)40-15-6-7-16-40)19-27-26-18-25(13-14-28(26)39-33(27)44)37-23-11-8-12-24(17-23)38-32(43)22-9-4-3-5-10-22/h3-5,8-14,17-19,34,37H,6-7,15-16H2,1-2H3,(H2,36,42)(H,38,43)(H,39,44)(H,45,46). The predicted molar refractivity (Wildman–Crippen MR) is 177 cm³/mol. The monoisotopic (exact) mass is 618 g/mol. The molecule has 2 aliphatic heterocycles. The maximum Gasteiger partial charge on any atom is 0.337 e. The summed E-state index contributed by atoms with van der Waals surface area (Å²) >= 11 is 0. The van der Waals surface area contributed by atoms with Crippen LogP contribution in [0.1, 0.15) is 62.2 Å². The van der Waals surface area contributed by atoms with E-state index >= 15 is 0 Å². The predicted octanol–water partition coefficient (Wildman–Crippen LogP) is 5.37. The van der Waals surface area contributed by atoms with Crippen molar-refractivity contribution in [3.05, 3.63) is 106 Å². The van der Waals surface area contributed by atoms with Crippen LogP contribution in [0.25, 0.3) is 11.6 Å². The molecule has 0 spiro atoms. The van der Waals surface area contributed by atoms with Crippen LogP contribution in [0.3, 0.4) is 0 Å². The van der Waals surface area contributed by atoms with E-state index in [-0.39, 0.29) is 17.4 Å². The molecule has 1 fully saturated rings. The van der Waals surface area contributed by atoms with E-state index in [1.165, 1.54) is 0 Å². The molecule has 6 N–H and O–H groups in total. The number of benzene rings is 3. The van der Waals surface area contributed by atoms with Gasteiger partial charge >= 0.3 is 5.97 Å². The number of aromatic nitrogens is 1. The Bertz CT molecular complexity index is 1910. The highest BCUT2D eigenvalue weighted by atomic mass is 16.4. The van der Waals surface area contributed by atoms with Gasteiger partial charge in [0.15, 0.2) is 6.17 Å². The van der Waals surface area contributed by atoms with Crippen LogP contribution in [0.5, 0.6) is 0 Å². The number of nitrogens with zero attached hydrogens (tertiary/aromatic N) is 2. The number of anilines is 4. The summed E-state index contributed by atoms with van der Waals surface area (Å²) in [4.78, 5) is 53.1. The number of hydrogen-bond acceptors (Lipinski definition) is 6. The van der Waals surface area contributed by atoms with E-state index in [1.807, 2.05) is 41.3 Å². The average Bonchev–Trinajstić information content (AvgIpc) is 3.72. The van der Waals surface area contributed by atoms with Crippen LogP contribution >= 0.6 is 0 Å². The number of likely N-dealkylation sites (tertiary alicyclic amines) is 1. The van der Waals surface area contributed by atoms with E-state index in [0.29, 0.717) is 63.8 Å². The molecule has 4 aromatic rings. The van der Waals surface area contributed by atoms with Gasteiger partial charge in [0.25, 0.3) is 17.7 Å². The number of nitrogens with two attached hydrogens (primary N) is 1. The molecular formula is C35H34N6O5. The second kappa shape index (κ2) is 12.4. The third-order valence-electron chi connectivity index (χ3n) is 8.47. The molecule has 234 valence electrons. The molecule has 11 heteroatoms. The third-order valence-corrected chi connectivity index (χ3v) is 8.47. The van der Waals surface area contributed by atoms with E-state index in [2.05, 4.69) is 16.0 Å². The molecule has 46 heavy (non-hydrogen) atoms. The lowest BCUT2D eigenvalue weighted by Gasteiger charge is -2.29. The molecule has 3 amide bonds. The number of amides is 3. The van der Waals surface area contributed by atoms with Crippen LogP contribution in [-0.4, -0.2) is 51.4 Å². The average molecular weight is 619 g/mol. The normalized spacial score (nSPS) is 15.8. The van der Waals surface area contributed by atoms with Gasteiger partial charge in [-0.25, -0.2) is 4.79 Å². The molecule has 11 nitrogen and oxygen atoms in total. The minimum absolute atomic E-state index is 0.0746. The number of carbonyl (C=O) groups is 4. The molecule has 6 rings (SSSR count). The summed E-state index contributed by atoms with van der Waals surface area (Å²) in [6.45, 7) is 4.64. The molecule has 3 aromatic carbocycles. The summed E-state index contributed by atoms with van der Waals surface area (Å²) in [6.07, 6.45) is 2.55. The Hall–Kier alpha value is -5.68. The molecular weight excluding hydrogens is 584 g/mol. The Balaban J connectivity index is 1.35. The Kier molecular flexibility index (Phi) is 8.16. The van der Waals surface area contributed by atoms with Gasteiger partial charge in [-0.15, -0.1) is 0 Å². The van der Waals surface area contributed by atoms with Gasteiger partial charge in [0, 0.05) is 58.4 Å². The number of fused-ring (bicyclic) bond motifs is 1. The minimum atomic E-state index is -1.12. The van der Waals surface area contributed by atoms with Crippen LogP contribution in [0.4, 0.5) is 22.7 Å². The van der Waals surface area contributed by atoms with Gasteiger partial charge in [-0.05, 0) is 86.9 Å². The van der Waals surface area contributed by atoms with Crippen molar-refractivity contribution in [1.82, 2.24) is 9.47 Å². The summed E-state index contributed by atoms with van der Waals surface area (Å²) in [5, 5.41) is 19.2. The van der Waals surface area contributed by atoms with Crippen molar-refractivity contribution in [2.75, 3.05) is 29.0 Å². The molecule has 0 bridgehead atoms. The van der Waals surface area contributed by atoms with Crippen LogP contribution in [-0.2, 0) is 9.59 Å². The van der Waals surface area contributed by atoms with E-state index in [1.54, 1.807) is 60.9 Å². The van der Waals surface area contributed by atoms with Crippen LogP contribution in [0, 0.1) is 13.8 Å². The number of nitrogens with one attached hydrogen (secondary N) is 3. The summed E-state index contributed by atoms with van der Waals surface area (Å²) in [5.41, 5.74) is 11.4. The van der Waals surface area contributed by atoms with Crippen molar-refractivity contribution in [2.24, 2.45) is 5.73 Å². The smallest absolute Gasteiger partial charge is 0.337 e. The maximum atomic E-state index is 13.3. The number of rotatable bonds is 9. The topological polar surface area (TPSA) is 159 Å². The zero-order valence-electron chi connectivity index (χ0n) is 25.5. The van der Waals surface area contributed by atoms with Crippen LogP contribution in [0.2, 0.25) is 0 Å². The molecule has 0 radical (unpaired) electrons. The number of carboxylic acids is 1. The van der Waals surface area contributed by atoms with Crippen molar-refractivity contribution in [2.45, 2.75) is 32.9 Å². The Morgan fingerprint density at radius 1 is 0.935 bits per heavy atom. The fraction of sp³-hybridized carbons (Fsp3) is 0.200. The molecule has 0 aliphatic carbocycles. The number of carboxylic acid groups (broad SMARTS) is 1. The maximum absolute atomic E-state index is 13.3. The second-order valence-corrected chi connectivity index (χ2v) is 11.5. The van der Waals surface area contributed by atoms with Crippen molar-refractivity contribution in [1.29, 1.82) is 0 Å². The molecule has 1 atom stereocenters. The number of primary amides is 1. The van der Waals surface area contributed by atoms with Gasteiger partial charge in [-0.1, -0.05) is 24.3 Å². The van der Waals surface area contributed by atoms with Gasteiger partial charge in [-0.2, -0.15) is 0 Å². The number of hydrogen-bond donors (Lipinski definition) is 5. The van der Waals surface area contributed by atoms with E-state index in [0.717, 1.165) is 18.5 Å². The highest BCUT2D eigenvalue weighted by Gasteiger charge is 2.35. The molecule has 2 aliphatic rings. The summed E-state index contributed by atoms with van der Waals surface area (Å²) in [6, 6.07) is 21.7. The molecule has 3 heterocycles. The lowest BCUT2D eigenvalue weighted by atomic mass is 10.0. The van der Waals surface area contributed by atoms with Crippen LogP contribution < -0.4 is 21.7 Å². The first-order valence-electron chi connectivity index (χ1n) is 15.0. The zero-order chi connectivity index (χ0) is 32.5. The van der Waals surface area contributed by atoms with Crippen molar-refractivity contribution in [3.63, 3.8) is 0 Å². The van der Waals surface area contributed by atoms with Crippen LogP contribution in [0.15, 0.2) is 72.8 Å². The lowest BCUT2D eigenvalue weighted by molar-refractivity contribution is -0.126. The number of carbonyl (C=O) groups excluding carboxylic acids is 3. The van der Waals surface area contributed by atoms with E-state index < -0.39 is 18.0 Å². The van der Waals surface area contributed by atoms with Gasteiger partial charge in [0.1, 0.15) is 0 Å². The van der Waals surface area contributed by atoms with Crippen molar-refractivity contribution in [3.8, 4) is 0 Å². The highest BCUT2D eigenvalue weighted by molar-refractivity contribution is 6.35. The second-order valence-electron chi connectivity index (χ2n) is 11.5. The first kappa shape index (κ1) is 30.4. The Labute approximate surface area is 265 Å². The molecule has 1 saturated heterocycles. The lowest BCUT2D eigenvalue weighted by Crippen LogP contribution is -2.41. The first-order valence-corrected chi connectivity index (χ1v) is 15.0. The summed E-state index contributed by atoms with van der Waals surface area (Å²) in [5.74, 6) is -2.29. The fourth-order valence-electron chi connectivity index (χ4n) is 6.33. The highest BCUT2D eigenvalue weighted by Crippen LogP contribution is 2.38. The van der Waals surface area contributed by atoms with Gasteiger partial charge in [0.05, 0.1) is 11.1 Å². The van der Waals surface area contributed by atoms with Gasteiger partial charge in [-0.3, -0.25) is 19.3 Å². The minimum Gasteiger partial charge on any atom is -0.478 e. The van der Waals surface area contributed by atoms with Crippen molar-refractivity contribution >= 4 is 58.1 Å².